The molecule has 1 N–H and O–H groups in total. The van der Waals surface area contributed by atoms with E-state index in [0.29, 0.717) is 11.3 Å². The molecule has 1 aliphatic heterocycles. The number of hydrogen-bond acceptors (Lipinski definition) is 3. The lowest BCUT2D eigenvalue weighted by molar-refractivity contribution is -0.122. The van der Waals surface area contributed by atoms with Gasteiger partial charge in [0.15, 0.2) is 0 Å². The van der Waals surface area contributed by atoms with Gasteiger partial charge in [-0.1, -0.05) is 13.8 Å². The van der Waals surface area contributed by atoms with Crippen molar-refractivity contribution >= 4 is 23.5 Å². The van der Waals surface area contributed by atoms with E-state index in [4.69, 9.17) is 0 Å². The number of imide groups is 1. The molecular weight excluding hydrogens is 258 g/mol. The summed E-state index contributed by atoms with van der Waals surface area (Å²) in [5, 5.41) is 9.20. The van der Waals surface area contributed by atoms with Gasteiger partial charge in [0.1, 0.15) is 0 Å². The van der Waals surface area contributed by atoms with Crippen molar-refractivity contribution in [2.75, 3.05) is 4.90 Å². The lowest BCUT2D eigenvalue weighted by atomic mass is 10.00. The van der Waals surface area contributed by atoms with Crippen LogP contribution in [-0.4, -0.2) is 22.9 Å². The molecule has 2 unspecified atom stereocenters. The van der Waals surface area contributed by atoms with Crippen molar-refractivity contribution in [3.05, 3.63) is 28.8 Å². The average molecular weight is 275 g/mol. The molecule has 0 aliphatic carbocycles. The van der Waals surface area contributed by atoms with Crippen LogP contribution in [-0.2, 0) is 9.59 Å². The number of carboxylic acids is 1. The Labute approximate surface area is 117 Å². The normalized spacial score (nSPS) is 22.5. The quantitative estimate of drug-likeness (QED) is 0.839. The number of amides is 2. The highest BCUT2D eigenvalue weighted by Crippen LogP contribution is 2.32. The molecule has 0 saturated carbocycles. The maximum absolute atomic E-state index is 12.2. The smallest absolute Gasteiger partial charge is 0.336 e. The van der Waals surface area contributed by atoms with Gasteiger partial charge in [-0.3, -0.25) is 14.5 Å². The fraction of sp³-hybridized carbons (Fsp3) is 0.400. The summed E-state index contributed by atoms with van der Waals surface area (Å²) >= 11 is 0. The van der Waals surface area contributed by atoms with Gasteiger partial charge in [0.2, 0.25) is 11.8 Å². The van der Waals surface area contributed by atoms with Crippen molar-refractivity contribution in [2.45, 2.75) is 27.7 Å². The summed E-state index contributed by atoms with van der Waals surface area (Å²) in [6.45, 7) is 6.90. The van der Waals surface area contributed by atoms with E-state index in [-0.39, 0.29) is 29.2 Å². The molecule has 2 rings (SSSR count). The SMILES string of the molecule is Cc1cc(N2C(=O)C(C)C(C)C2=O)cc(C(=O)O)c1C. The lowest BCUT2D eigenvalue weighted by Gasteiger charge is -2.17. The summed E-state index contributed by atoms with van der Waals surface area (Å²) in [5.74, 6) is -2.37. The summed E-state index contributed by atoms with van der Waals surface area (Å²) < 4.78 is 0. The summed E-state index contributed by atoms with van der Waals surface area (Å²) in [7, 11) is 0. The van der Waals surface area contributed by atoms with Crippen molar-refractivity contribution < 1.29 is 19.5 Å². The van der Waals surface area contributed by atoms with Crippen LogP contribution in [0.25, 0.3) is 0 Å². The van der Waals surface area contributed by atoms with Gasteiger partial charge in [-0.25, -0.2) is 4.79 Å². The summed E-state index contributed by atoms with van der Waals surface area (Å²) in [6, 6.07) is 3.08. The molecule has 0 aromatic heterocycles. The molecule has 2 amide bonds. The standard InChI is InChI=1S/C15H17NO4/c1-7-5-11(6-12(8(7)2)15(19)20)16-13(17)9(3)10(4)14(16)18/h5-6,9-10H,1-4H3,(H,19,20). The molecule has 5 heteroatoms. The van der Waals surface area contributed by atoms with Gasteiger partial charge in [0, 0.05) is 11.8 Å². The number of anilines is 1. The predicted molar refractivity (Wildman–Crippen MR) is 73.7 cm³/mol. The largest absolute Gasteiger partial charge is 0.478 e. The van der Waals surface area contributed by atoms with Crippen LogP contribution in [0.4, 0.5) is 5.69 Å². The minimum absolute atomic E-state index is 0.118. The number of carboxylic acid groups (broad SMARTS) is 1. The van der Waals surface area contributed by atoms with E-state index in [1.54, 1.807) is 33.8 Å². The Morgan fingerprint density at radius 2 is 1.60 bits per heavy atom. The van der Waals surface area contributed by atoms with Crippen LogP contribution in [0.15, 0.2) is 12.1 Å². The van der Waals surface area contributed by atoms with E-state index in [1.807, 2.05) is 0 Å². The van der Waals surface area contributed by atoms with Gasteiger partial charge in [0.25, 0.3) is 0 Å². The van der Waals surface area contributed by atoms with Crippen molar-refractivity contribution in [3.63, 3.8) is 0 Å². The van der Waals surface area contributed by atoms with E-state index in [0.717, 1.165) is 10.5 Å². The number of carbonyl (C=O) groups is 3. The van der Waals surface area contributed by atoms with E-state index in [2.05, 4.69) is 0 Å². The highest BCUT2D eigenvalue weighted by Gasteiger charge is 2.43. The van der Waals surface area contributed by atoms with Crippen molar-refractivity contribution in [2.24, 2.45) is 11.8 Å². The van der Waals surface area contributed by atoms with E-state index < -0.39 is 5.97 Å². The second-order valence-electron chi connectivity index (χ2n) is 5.33. The Morgan fingerprint density at radius 1 is 1.10 bits per heavy atom. The predicted octanol–water partition coefficient (Wildman–Crippen LogP) is 2.15. The molecule has 1 saturated heterocycles. The fourth-order valence-electron chi connectivity index (χ4n) is 2.39. The summed E-state index contributed by atoms with van der Waals surface area (Å²) in [6.07, 6.45) is 0. The molecule has 0 radical (unpaired) electrons. The molecule has 5 nitrogen and oxygen atoms in total. The maximum Gasteiger partial charge on any atom is 0.336 e. The molecule has 1 heterocycles. The van der Waals surface area contributed by atoms with Crippen LogP contribution >= 0.6 is 0 Å². The van der Waals surface area contributed by atoms with Crippen LogP contribution in [0.3, 0.4) is 0 Å². The fourth-order valence-corrected chi connectivity index (χ4v) is 2.39. The molecular formula is C15H17NO4. The Bertz CT molecular complexity index is 601. The molecule has 2 atom stereocenters. The van der Waals surface area contributed by atoms with Crippen LogP contribution in [0.2, 0.25) is 0 Å². The first kappa shape index (κ1) is 14.2. The monoisotopic (exact) mass is 275 g/mol. The molecule has 1 aromatic rings. The van der Waals surface area contributed by atoms with Crippen LogP contribution in [0.1, 0.15) is 35.3 Å². The second kappa shape index (κ2) is 4.74. The topological polar surface area (TPSA) is 74.7 Å². The molecule has 1 aliphatic rings. The van der Waals surface area contributed by atoms with Crippen molar-refractivity contribution in [1.82, 2.24) is 0 Å². The number of hydrogen-bond donors (Lipinski definition) is 1. The summed E-state index contributed by atoms with van der Waals surface area (Å²) in [4.78, 5) is 36.7. The average Bonchev–Trinajstić information content (AvgIpc) is 2.57. The van der Waals surface area contributed by atoms with Crippen molar-refractivity contribution in [1.29, 1.82) is 0 Å². The Kier molecular flexibility index (Phi) is 3.38. The first-order valence-electron chi connectivity index (χ1n) is 6.48. The number of aromatic carboxylic acids is 1. The molecule has 1 fully saturated rings. The van der Waals surface area contributed by atoms with Gasteiger partial charge in [-0.05, 0) is 37.1 Å². The molecule has 106 valence electrons. The van der Waals surface area contributed by atoms with E-state index in [1.165, 1.54) is 6.07 Å². The number of nitrogens with zero attached hydrogens (tertiary/aromatic N) is 1. The van der Waals surface area contributed by atoms with Crippen molar-refractivity contribution in [3.8, 4) is 0 Å². The van der Waals surface area contributed by atoms with E-state index in [9.17, 15) is 19.5 Å². The Morgan fingerprint density at radius 3 is 2.05 bits per heavy atom. The third-order valence-electron chi connectivity index (χ3n) is 4.11. The zero-order valence-electron chi connectivity index (χ0n) is 11.9. The van der Waals surface area contributed by atoms with Gasteiger partial charge in [-0.15, -0.1) is 0 Å². The first-order valence-corrected chi connectivity index (χ1v) is 6.48. The molecule has 0 bridgehead atoms. The second-order valence-corrected chi connectivity index (χ2v) is 5.33. The third-order valence-corrected chi connectivity index (χ3v) is 4.11. The highest BCUT2D eigenvalue weighted by atomic mass is 16.4. The van der Waals surface area contributed by atoms with Crippen LogP contribution < -0.4 is 4.90 Å². The molecule has 0 spiro atoms. The Hall–Kier alpha value is -2.17. The zero-order chi connectivity index (χ0) is 15.2. The number of carbonyl (C=O) groups excluding carboxylic acids is 2. The van der Waals surface area contributed by atoms with Gasteiger partial charge in [0.05, 0.1) is 11.3 Å². The highest BCUT2D eigenvalue weighted by molar-refractivity contribution is 6.22. The third kappa shape index (κ3) is 1.99. The van der Waals surface area contributed by atoms with Crippen LogP contribution in [0.5, 0.6) is 0 Å². The lowest BCUT2D eigenvalue weighted by Crippen LogP contribution is -2.31. The van der Waals surface area contributed by atoms with E-state index >= 15 is 0 Å². The number of benzene rings is 1. The Balaban J connectivity index is 2.57. The molecule has 1 aromatic carbocycles. The zero-order valence-corrected chi connectivity index (χ0v) is 11.9. The number of rotatable bonds is 2. The number of aryl methyl sites for hydroxylation is 1. The first-order chi connectivity index (χ1) is 9.25. The summed E-state index contributed by atoms with van der Waals surface area (Å²) in [5.41, 5.74) is 1.85. The molecule has 20 heavy (non-hydrogen) atoms. The van der Waals surface area contributed by atoms with Gasteiger partial charge >= 0.3 is 5.97 Å². The van der Waals surface area contributed by atoms with Gasteiger partial charge in [-0.2, -0.15) is 0 Å². The minimum atomic E-state index is -1.06. The minimum Gasteiger partial charge on any atom is -0.478 e. The van der Waals surface area contributed by atoms with Gasteiger partial charge < -0.3 is 5.11 Å². The maximum atomic E-state index is 12.2. The van der Waals surface area contributed by atoms with Crippen LogP contribution in [0, 0.1) is 25.7 Å².